The van der Waals surface area contributed by atoms with Gasteiger partial charge in [-0.1, -0.05) is 6.58 Å². The largest absolute Gasteiger partial charge is 0.512 e. The van der Waals surface area contributed by atoms with Crippen LogP contribution in [0.1, 0.15) is 0 Å². The molecule has 0 amide bonds. The molecule has 0 aromatic carbocycles. The van der Waals surface area contributed by atoms with Gasteiger partial charge in [-0.2, -0.15) is 0 Å². The minimum atomic E-state index is -0.574. The van der Waals surface area contributed by atoms with E-state index in [2.05, 4.69) is 6.58 Å². The standard InChI is InChI=1S/C5H10O3/c1-4(8)5(2-6)3-7/h5-8H,1-3H2. The predicted octanol–water partition coefficient (Wildman–Crippen LogP) is -0.341. The van der Waals surface area contributed by atoms with E-state index in [0.29, 0.717) is 0 Å². The lowest BCUT2D eigenvalue weighted by molar-refractivity contribution is 0.139. The maximum absolute atomic E-state index is 8.50. The summed E-state index contributed by atoms with van der Waals surface area (Å²) in [6.45, 7) is 2.62. The predicted molar refractivity (Wildman–Crippen MR) is 29.4 cm³/mol. The van der Waals surface area contributed by atoms with E-state index in [1.165, 1.54) is 0 Å². The topological polar surface area (TPSA) is 60.7 Å². The summed E-state index contributed by atoms with van der Waals surface area (Å²) in [5.74, 6) is -0.745. The summed E-state index contributed by atoms with van der Waals surface area (Å²) in [6.07, 6.45) is 0. The Kier molecular flexibility index (Phi) is 3.23. The van der Waals surface area contributed by atoms with Gasteiger partial charge in [0.1, 0.15) is 0 Å². The van der Waals surface area contributed by atoms with Gasteiger partial charge in [0.05, 0.1) is 24.9 Å². The molecule has 0 rings (SSSR count). The summed E-state index contributed by atoms with van der Waals surface area (Å²) in [7, 11) is 0. The molecule has 0 saturated carbocycles. The van der Waals surface area contributed by atoms with Gasteiger partial charge in [-0.3, -0.25) is 0 Å². The fourth-order valence-corrected chi connectivity index (χ4v) is 0.268. The van der Waals surface area contributed by atoms with Crippen molar-refractivity contribution in [3.63, 3.8) is 0 Å². The summed E-state index contributed by atoms with van der Waals surface area (Å²) < 4.78 is 0. The van der Waals surface area contributed by atoms with E-state index in [1.807, 2.05) is 0 Å². The highest BCUT2D eigenvalue weighted by molar-refractivity contribution is 4.87. The van der Waals surface area contributed by atoms with Crippen LogP contribution < -0.4 is 0 Å². The van der Waals surface area contributed by atoms with Gasteiger partial charge in [-0.05, 0) is 0 Å². The number of aliphatic hydroxyl groups excluding tert-OH is 3. The fraction of sp³-hybridized carbons (Fsp3) is 0.600. The SMILES string of the molecule is C=C(O)C(CO)CO. The molecule has 0 unspecified atom stereocenters. The van der Waals surface area contributed by atoms with Crippen molar-refractivity contribution in [3.05, 3.63) is 12.3 Å². The van der Waals surface area contributed by atoms with Crippen molar-refractivity contribution < 1.29 is 15.3 Å². The van der Waals surface area contributed by atoms with Gasteiger partial charge in [0.2, 0.25) is 0 Å². The van der Waals surface area contributed by atoms with Gasteiger partial charge >= 0.3 is 0 Å². The highest BCUT2D eigenvalue weighted by Gasteiger charge is 2.06. The van der Waals surface area contributed by atoms with Crippen molar-refractivity contribution in [2.75, 3.05) is 13.2 Å². The second kappa shape index (κ2) is 3.46. The van der Waals surface area contributed by atoms with Gasteiger partial charge in [0.15, 0.2) is 0 Å². The minimum Gasteiger partial charge on any atom is -0.512 e. The lowest BCUT2D eigenvalue weighted by Crippen LogP contribution is -2.12. The average molecular weight is 118 g/mol. The Balaban J connectivity index is 3.52. The van der Waals surface area contributed by atoms with Crippen LogP contribution in [0.3, 0.4) is 0 Å². The van der Waals surface area contributed by atoms with Crippen molar-refractivity contribution in [2.24, 2.45) is 5.92 Å². The van der Waals surface area contributed by atoms with Crippen molar-refractivity contribution in [1.29, 1.82) is 0 Å². The Hall–Kier alpha value is -0.540. The van der Waals surface area contributed by atoms with Crippen LogP contribution in [0.5, 0.6) is 0 Å². The Labute approximate surface area is 47.9 Å². The second-order valence-corrected chi connectivity index (χ2v) is 1.55. The highest BCUT2D eigenvalue weighted by Crippen LogP contribution is 2.01. The normalized spacial score (nSPS) is 9.88. The van der Waals surface area contributed by atoms with Crippen LogP contribution in [-0.2, 0) is 0 Å². The third-order valence-electron chi connectivity index (χ3n) is 0.912. The molecule has 48 valence electrons. The summed E-state index contributed by atoms with van der Waals surface area (Å²) in [4.78, 5) is 0. The van der Waals surface area contributed by atoms with Gasteiger partial charge in [-0.25, -0.2) is 0 Å². The molecule has 3 heteroatoms. The first-order valence-corrected chi connectivity index (χ1v) is 2.31. The van der Waals surface area contributed by atoms with Gasteiger partial charge in [0, 0.05) is 0 Å². The van der Waals surface area contributed by atoms with E-state index in [4.69, 9.17) is 15.3 Å². The minimum absolute atomic E-state index is 0.171. The third kappa shape index (κ3) is 1.95. The molecule has 0 heterocycles. The van der Waals surface area contributed by atoms with E-state index in [0.717, 1.165) is 0 Å². The summed E-state index contributed by atoms with van der Waals surface area (Å²) >= 11 is 0. The Morgan fingerprint density at radius 1 is 1.38 bits per heavy atom. The number of aliphatic hydroxyl groups is 3. The van der Waals surface area contributed by atoms with Gasteiger partial charge in [-0.15, -0.1) is 0 Å². The highest BCUT2D eigenvalue weighted by atomic mass is 16.3. The zero-order chi connectivity index (χ0) is 6.57. The Bertz CT molecular complexity index is 75.7. The van der Waals surface area contributed by atoms with E-state index in [9.17, 15) is 0 Å². The molecule has 0 aliphatic carbocycles. The molecule has 0 aliphatic rings. The molecule has 0 aliphatic heterocycles. The third-order valence-corrected chi connectivity index (χ3v) is 0.912. The van der Waals surface area contributed by atoms with Crippen molar-refractivity contribution in [2.45, 2.75) is 0 Å². The van der Waals surface area contributed by atoms with Crippen molar-refractivity contribution in [3.8, 4) is 0 Å². The molecule has 8 heavy (non-hydrogen) atoms. The molecule has 0 bridgehead atoms. The van der Waals surface area contributed by atoms with Crippen LogP contribution in [0.15, 0.2) is 12.3 Å². The first-order chi connectivity index (χ1) is 3.72. The zero-order valence-electron chi connectivity index (χ0n) is 4.54. The molecule has 0 fully saturated rings. The Morgan fingerprint density at radius 2 is 1.75 bits per heavy atom. The first kappa shape index (κ1) is 7.46. The molecule has 0 saturated heterocycles. The van der Waals surface area contributed by atoms with E-state index < -0.39 is 5.92 Å². The molecular formula is C5H10O3. The van der Waals surface area contributed by atoms with E-state index in [-0.39, 0.29) is 19.0 Å². The van der Waals surface area contributed by atoms with Crippen LogP contribution in [0, 0.1) is 5.92 Å². The molecule has 3 N–H and O–H groups in total. The summed E-state index contributed by atoms with van der Waals surface area (Å²) in [6, 6.07) is 0. The number of rotatable bonds is 3. The maximum Gasteiger partial charge on any atom is 0.0928 e. The van der Waals surface area contributed by atoms with Crippen LogP contribution in [0.4, 0.5) is 0 Å². The molecule has 0 atom stereocenters. The molecule has 0 spiro atoms. The Morgan fingerprint density at radius 3 is 1.75 bits per heavy atom. The van der Waals surface area contributed by atoms with Crippen molar-refractivity contribution >= 4 is 0 Å². The second-order valence-electron chi connectivity index (χ2n) is 1.55. The monoisotopic (exact) mass is 118 g/mol. The first-order valence-electron chi connectivity index (χ1n) is 2.31. The fourth-order valence-electron chi connectivity index (χ4n) is 0.268. The van der Waals surface area contributed by atoms with Crippen LogP contribution in [0.25, 0.3) is 0 Å². The molecular weight excluding hydrogens is 108 g/mol. The lowest BCUT2D eigenvalue weighted by atomic mass is 10.1. The van der Waals surface area contributed by atoms with Crippen LogP contribution >= 0.6 is 0 Å². The molecule has 0 aromatic rings. The number of hydrogen-bond donors (Lipinski definition) is 3. The van der Waals surface area contributed by atoms with E-state index in [1.54, 1.807) is 0 Å². The summed E-state index contributed by atoms with van der Waals surface area (Å²) in [5, 5.41) is 25.1. The van der Waals surface area contributed by atoms with Gasteiger partial charge in [0.25, 0.3) is 0 Å². The molecule has 3 nitrogen and oxygen atoms in total. The number of hydrogen-bond acceptors (Lipinski definition) is 3. The zero-order valence-corrected chi connectivity index (χ0v) is 4.54. The quantitative estimate of drug-likeness (QED) is 0.444. The van der Waals surface area contributed by atoms with Crippen LogP contribution in [-0.4, -0.2) is 28.5 Å². The average Bonchev–Trinajstić information content (AvgIpc) is 1.69. The van der Waals surface area contributed by atoms with Crippen LogP contribution in [0.2, 0.25) is 0 Å². The maximum atomic E-state index is 8.50. The lowest BCUT2D eigenvalue weighted by Gasteiger charge is -2.06. The molecule has 0 radical (unpaired) electrons. The smallest absolute Gasteiger partial charge is 0.0928 e. The molecule has 0 aromatic heterocycles. The van der Waals surface area contributed by atoms with Gasteiger partial charge < -0.3 is 15.3 Å². The summed E-state index contributed by atoms with van der Waals surface area (Å²) in [5.41, 5.74) is 0. The van der Waals surface area contributed by atoms with Crippen molar-refractivity contribution in [1.82, 2.24) is 0 Å². The van der Waals surface area contributed by atoms with E-state index >= 15 is 0 Å².